The van der Waals surface area contributed by atoms with Crippen molar-refractivity contribution in [2.24, 2.45) is 0 Å². The molecule has 0 radical (unpaired) electrons. The third-order valence-electron chi connectivity index (χ3n) is 2.15. The number of rotatable bonds is 11. The smallest absolute Gasteiger partial charge is 0.327 e. The molecule has 4 N–H and O–H groups in total. The van der Waals surface area contributed by atoms with Gasteiger partial charge in [0.1, 0.15) is 12.1 Å². The molecule has 22 heavy (non-hydrogen) atoms. The maximum absolute atomic E-state index is 11.1. The maximum atomic E-state index is 11.1. The predicted molar refractivity (Wildman–Crippen MR) is 84.4 cm³/mol. The first-order chi connectivity index (χ1) is 10.3. The van der Waals surface area contributed by atoms with Gasteiger partial charge in [-0.05, 0) is 12.2 Å². The summed E-state index contributed by atoms with van der Waals surface area (Å²) in [6.07, 6.45) is 1.91. The number of carboxylic acids is 2. The highest BCUT2D eigenvalue weighted by Crippen LogP contribution is 2.23. The average Bonchev–Trinajstić information content (AvgIpc) is 2.47. The van der Waals surface area contributed by atoms with E-state index >= 15 is 0 Å². The van der Waals surface area contributed by atoms with Gasteiger partial charge in [-0.2, -0.15) is 0 Å². The van der Waals surface area contributed by atoms with E-state index in [1.165, 1.54) is 0 Å². The standard InChI is InChI=1S/C12H16N2O6S2/c1-3-9(15)13-7(11(17)18)5-21-22-6-8(12(19)20)14-10(16)4-2/h3-4,7-8H,1-2,5-6H2,(H,13,15)(H,14,16)(H,17,18)(H,19,20)/t7-,8?/m0/s1. The van der Waals surface area contributed by atoms with Crippen molar-refractivity contribution in [3.05, 3.63) is 25.3 Å². The molecular formula is C12H16N2O6S2. The Bertz CT molecular complexity index is 427. The van der Waals surface area contributed by atoms with Gasteiger partial charge in [0.15, 0.2) is 0 Å². The summed E-state index contributed by atoms with van der Waals surface area (Å²) in [6, 6.07) is -2.23. The third-order valence-corrected chi connectivity index (χ3v) is 4.57. The van der Waals surface area contributed by atoms with Gasteiger partial charge in [0.2, 0.25) is 11.8 Å². The van der Waals surface area contributed by atoms with E-state index in [1.54, 1.807) is 0 Å². The molecule has 0 aliphatic heterocycles. The van der Waals surface area contributed by atoms with Gasteiger partial charge in [-0.3, -0.25) is 9.59 Å². The first kappa shape index (κ1) is 20.1. The van der Waals surface area contributed by atoms with Crippen LogP contribution in [0.4, 0.5) is 0 Å². The topological polar surface area (TPSA) is 133 Å². The lowest BCUT2D eigenvalue weighted by Crippen LogP contribution is -2.42. The van der Waals surface area contributed by atoms with E-state index in [0.717, 1.165) is 33.7 Å². The second-order valence-corrected chi connectivity index (χ2v) is 6.33. The molecule has 0 saturated carbocycles. The largest absolute Gasteiger partial charge is 0.480 e. The fourth-order valence-electron chi connectivity index (χ4n) is 1.04. The minimum atomic E-state index is -1.21. The normalized spacial score (nSPS) is 12.5. The van der Waals surface area contributed by atoms with Crippen LogP contribution in [0.25, 0.3) is 0 Å². The summed E-state index contributed by atoms with van der Waals surface area (Å²) in [4.78, 5) is 44.0. The molecule has 0 aromatic rings. The summed E-state index contributed by atoms with van der Waals surface area (Å²) in [5.41, 5.74) is 0. The number of carboxylic acid groups (broad SMARTS) is 2. The third kappa shape index (κ3) is 8.37. The summed E-state index contributed by atoms with van der Waals surface area (Å²) in [5.74, 6) is -3.58. The van der Waals surface area contributed by atoms with Crippen LogP contribution in [0.15, 0.2) is 25.3 Å². The first-order valence-electron chi connectivity index (χ1n) is 5.87. The van der Waals surface area contributed by atoms with Crippen molar-refractivity contribution in [3.8, 4) is 0 Å². The van der Waals surface area contributed by atoms with E-state index in [2.05, 4.69) is 23.8 Å². The molecule has 122 valence electrons. The van der Waals surface area contributed by atoms with Crippen molar-refractivity contribution in [3.63, 3.8) is 0 Å². The minimum absolute atomic E-state index is 0.0291. The SMILES string of the molecule is C=CC(=O)NC(CSSC[C@H](NC(=O)C=C)C(=O)O)C(=O)O. The van der Waals surface area contributed by atoms with Crippen LogP contribution in [0.3, 0.4) is 0 Å². The van der Waals surface area contributed by atoms with Crippen molar-refractivity contribution in [1.29, 1.82) is 0 Å². The first-order valence-corrected chi connectivity index (χ1v) is 8.36. The van der Waals surface area contributed by atoms with E-state index in [4.69, 9.17) is 10.2 Å². The molecule has 2 amide bonds. The van der Waals surface area contributed by atoms with E-state index < -0.39 is 35.8 Å². The Kier molecular flexibility index (Phi) is 9.79. The van der Waals surface area contributed by atoms with Crippen LogP contribution >= 0.6 is 21.6 Å². The molecule has 0 aliphatic rings. The molecule has 0 saturated heterocycles. The van der Waals surface area contributed by atoms with E-state index in [9.17, 15) is 19.2 Å². The molecule has 0 rings (SSSR count). The summed E-state index contributed by atoms with van der Waals surface area (Å²) >= 11 is 0. The second kappa shape index (κ2) is 10.7. The zero-order valence-corrected chi connectivity index (χ0v) is 13.1. The molecule has 0 aliphatic carbocycles. The Morgan fingerprint density at radius 1 is 0.864 bits per heavy atom. The molecule has 0 fully saturated rings. The molecule has 0 spiro atoms. The molecule has 0 heterocycles. The van der Waals surface area contributed by atoms with Gasteiger partial charge in [0, 0.05) is 11.5 Å². The monoisotopic (exact) mass is 348 g/mol. The van der Waals surface area contributed by atoms with Crippen molar-refractivity contribution in [1.82, 2.24) is 10.6 Å². The second-order valence-electron chi connectivity index (χ2n) is 3.78. The number of hydrogen-bond acceptors (Lipinski definition) is 6. The number of carbonyl (C=O) groups excluding carboxylic acids is 2. The Hall–Kier alpha value is -1.94. The lowest BCUT2D eigenvalue weighted by molar-refractivity contribution is -0.141. The number of amides is 2. The van der Waals surface area contributed by atoms with E-state index in [1.807, 2.05) is 0 Å². The van der Waals surface area contributed by atoms with Crippen LogP contribution in [-0.2, 0) is 19.2 Å². The van der Waals surface area contributed by atoms with Crippen LogP contribution in [0.2, 0.25) is 0 Å². The fourth-order valence-corrected chi connectivity index (χ4v) is 3.35. The van der Waals surface area contributed by atoms with Gasteiger partial charge in [0.25, 0.3) is 0 Å². The molecule has 2 atom stereocenters. The molecule has 10 heteroatoms. The highest BCUT2D eigenvalue weighted by Gasteiger charge is 2.21. The quantitative estimate of drug-likeness (QED) is 0.231. The Morgan fingerprint density at radius 2 is 1.18 bits per heavy atom. The summed E-state index contributed by atoms with van der Waals surface area (Å²) < 4.78 is 0. The van der Waals surface area contributed by atoms with Crippen LogP contribution < -0.4 is 10.6 Å². The lowest BCUT2D eigenvalue weighted by atomic mass is 10.3. The van der Waals surface area contributed by atoms with Gasteiger partial charge in [0.05, 0.1) is 0 Å². The van der Waals surface area contributed by atoms with Crippen LogP contribution in [-0.4, -0.2) is 57.6 Å². The summed E-state index contributed by atoms with van der Waals surface area (Å²) in [6.45, 7) is 6.43. The molecule has 0 aromatic carbocycles. The van der Waals surface area contributed by atoms with E-state index in [0.29, 0.717) is 0 Å². The van der Waals surface area contributed by atoms with Gasteiger partial charge in [-0.15, -0.1) is 0 Å². The van der Waals surface area contributed by atoms with E-state index in [-0.39, 0.29) is 11.5 Å². The van der Waals surface area contributed by atoms with Gasteiger partial charge >= 0.3 is 11.9 Å². The van der Waals surface area contributed by atoms with Crippen LogP contribution in [0.1, 0.15) is 0 Å². The van der Waals surface area contributed by atoms with Crippen LogP contribution in [0.5, 0.6) is 0 Å². The lowest BCUT2D eigenvalue weighted by Gasteiger charge is -2.14. The van der Waals surface area contributed by atoms with Crippen LogP contribution in [0, 0.1) is 0 Å². The molecular weight excluding hydrogens is 332 g/mol. The van der Waals surface area contributed by atoms with Crippen molar-refractivity contribution in [2.75, 3.05) is 11.5 Å². The summed E-state index contributed by atoms with van der Waals surface area (Å²) in [5, 5.41) is 22.3. The molecule has 1 unspecified atom stereocenters. The number of aliphatic carboxylic acids is 2. The molecule has 8 nitrogen and oxygen atoms in total. The Morgan fingerprint density at radius 3 is 1.41 bits per heavy atom. The van der Waals surface area contributed by atoms with Gasteiger partial charge in [-0.1, -0.05) is 34.7 Å². The average molecular weight is 348 g/mol. The van der Waals surface area contributed by atoms with Crippen molar-refractivity contribution >= 4 is 45.3 Å². The molecule has 0 bridgehead atoms. The van der Waals surface area contributed by atoms with Gasteiger partial charge in [-0.25, -0.2) is 9.59 Å². The maximum Gasteiger partial charge on any atom is 0.327 e. The fraction of sp³-hybridized carbons (Fsp3) is 0.333. The number of hydrogen-bond donors (Lipinski definition) is 4. The number of carbonyl (C=O) groups is 4. The van der Waals surface area contributed by atoms with Gasteiger partial charge < -0.3 is 20.8 Å². The Labute approximate surface area is 134 Å². The highest BCUT2D eigenvalue weighted by atomic mass is 33.1. The zero-order chi connectivity index (χ0) is 17.1. The summed E-state index contributed by atoms with van der Waals surface area (Å²) in [7, 11) is 2.14. The minimum Gasteiger partial charge on any atom is -0.480 e. The highest BCUT2D eigenvalue weighted by molar-refractivity contribution is 8.76. The Balaban J connectivity index is 4.29. The molecule has 0 aromatic heterocycles. The predicted octanol–water partition coefficient (Wildman–Crippen LogP) is -0.121. The zero-order valence-electron chi connectivity index (χ0n) is 11.5. The number of nitrogens with one attached hydrogen (secondary N) is 2. The van der Waals surface area contributed by atoms with Crippen molar-refractivity contribution in [2.45, 2.75) is 12.1 Å². The van der Waals surface area contributed by atoms with Crippen molar-refractivity contribution < 1.29 is 29.4 Å².